The van der Waals surface area contributed by atoms with Crippen LogP contribution in [-0.4, -0.2) is 0 Å². The van der Waals surface area contributed by atoms with Crippen molar-refractivity contribution in [2.45, 2.75) is 67.7 Å². The lowest BCUT2D eigenvalue weighted by atomic mass is 10.0. The highest BCUT2D eigenvalue weighted by Gasteiger charge is 1.97. The molecule has 0 aliphatic heterocycles. The van der Waals surface area contributed by atoms with E-state index in [4.69, 9.17) is 0 Å². The maximum atomic E-state index is 2.35. The fourth-order valence-corrected chi connectivity index (χ4v) is 1.72. The zero-order valence-electron chi connectivity index (χ0n) is 11.7. The second kappa shape index (κ2) is 11.7. The number of benzene rings is 1. The third-order valence-electron chi connectivity index (χ3n) is 2.65. The van der Waals surface area contributed by atoms with E-state index in [1.807, 2.05) is 13.8 Å². The molecule has 0 atom stereocenters. The van der Waals surface area contributed by atoms with E-state index in [1.165, 1.54) is 30.4 Å². The minimum Gasteiger partial charge on any atom is -0.0776 e. The molecule has 1 aromatic carbocycles. The topological polar surface area (TPSA) is 0 Å². The third kappa shape index (κ3) is 8.97. The standard InChI is InChI=1S/C14H22.C2H6.CH4/c1-4-13-8-6-10-14(11-13)9-5-7-12(2)3;1-2;/h6,8,10-12H,4-5,7,9H2,1-3H3;1-2H3;1H4. The maximum absolute atomic E-state index is 2.35. The first-order valence-electron chi connectivity index (χ1n) is 6.80. The molecule has 0 saturated heterocycles. The molecule has 0 nitrogen and oxygen atoms in total. The van der Waals surface area contributed by atoms with Gasteiger partial charge in [0, 0.05) is 0 Å². The molecule has 17 heavy (non-hydrogen) atoms. The number of aryl methyl sites for hydroxylation is 2. The molecule has 0 heterocycles. The van der Waals surface area contributed by atoms with Crippen LogP contribution in [0.2, 0.25) is 0 Å². The van der Waals surface area contributed by atoms with Gasteiger partial charge in [0.15, 0.2) is 0 Å². The van der Waals surface area contributed by atoms with Crippen molar-refractivity contribution >= 4 is 0 Å². The molecule has 0 N–H and O–H groups in total. The lowest BCUT2D eigenvalue weighted by Gasteiger charge is -2.05. The molecule has 0 saturated carbocycles. The Hall–Kier alpha value is -0.780. The van der Waals surface area contributed by atoms with Gasteiger partial charge in [0.2, 0.25) is 0 Å². The summed E-state index contributed by atoms with van der Waals surface area (Å²) in [6, 6.07) is 9.00. The molecule has 0 aromatic heterocycles. The van der Waals surface area contributed by atoms with E-state index in [-0.39, 0.29) is 7.43 Å². The molecule has 0 radical (unpaired) electrons. The quantitative estimate of drug-likeness (QED) is 0.598. The molecular weight excluding hydrogens is 204 g/mol. The summed E-state index contributed by atoms with van der Waals surface area (Å²) in [6.45, 7) is 10.8. The van der Waals surface area contributed by atoms with E-state index < -0.39 is 0 Å². The zero-order valence-corrected chi connectivity index (χ0v) is 11.7. The molecule has 0 aliphatic carbocycles. The van der Waals surface area contributed by atoms with Gasteiger partial charge >= 0.3 is 0 Å². The van der Waals surface area contributed by atoms with Crippen LogP contribution >= 0.6 is 0 Å². The van der Waals surface area contributed by atoms with Crippen LogP contribution in [0.15, 0.2) is 24.3 Å². The smallest absolute Gasteiger partial charge is 0.0279 e. The summed E-state index contributed by atoms with van der Waals surface area (Å²) >= 11 is 0. The molecule has 0 unspecified atom stereocenters. The van der Waals surface area contributed by atoms with Crippen molar-refractivity contribution in [1.82, 2.24) is 0 Å². The maximum Gasteiger partial charge on any atom is -0.0279 e. The van der Waals surface area contributed by atoms with Crippen LogP contribution < -0.4 is 0 Å². The van der Waals surface area contributed by atoms with Gasteiger partial charge in [0.1, 0.15) is 0 Å². The lowest BCUT2D eigenvalue weighted by Crippen LogP contribution is -1.91. The molecule has 0 heteroatoms. The van der Waals surface area contributed by atoms with E-state index in [2.05, 4.69) is 45.0 Å². The van der Waals surface area contributed by atoms with Gasteiger partial charge < -0.3 is 0 Å². The van der Waals surface area contributed by atoms with E-state index in [9.17, 15) is 0 Å². The minimum atomic E-state index is 0. The van der Waals surface area contributed by atoms with Crippen molar-refractivity contribution in [3.05, 3.63) is 35.4 Å². The molecule has 100 valence electrons. The summed E-state index contributed by atoms with van der Waals surface area (Å²) in [4.78, 5) is 0. The average Bonchev–Trinajstić information content (AvgIpc) is 2.31. The van der Waals surface area contributed by atoms with E-state index in [0.717, 1.165) is 12.3 Å². The van der Waals surface area contributed by atoms with Crippen LogP contribution in [0.25, 0.3) is 0 Å². The van der Waals surface area contributed by atoms with E-state index >= 15 is 0 Å². The molecule has 1 rings (SSSR count). The summed E-state index contributed by atoms with van der Waals surface area (Å²) in [5.41, 5.74) is 2.97. The molecule has 0 amide bonds. The highest BCUT2D eigenvalue weighted by Crippen LogP contribution is 2.11. The van der Waals surface area contributed by atoms with Crippen LogP contribution in [-0.2, 0) is 12.8 Å². The zero-order chi connectivity index (χ0) is 12.4. The molecule has 0 spiro atoms. The SMILES string of the molecule is C.CC.CCc1cccc(CCCC(C)C)c1. The Morgan fingerprint density at radius 3 is 2.18 bits per heavy atom. The number of hydrogen-bond donors (Lipinski definition) is 0. The van der Waals surface area contributed by atoms with Crippen LogP contribution in [0.1, 0.15) is 66.0 Å². The predicted molar refractivity (Wildman–Crippen MR) is 81.7 cm³/mol. The number of hydrogen-bond acceptors (Lipinski definition) is 0. The predicted octanol–water partition coefficient (Wildman–Crippen LogP) is 5.89. The summed E-state index contributed by atoms with van der Waals surface area (Å²) in [5.74, 6) is 0.837. The van der Waals surface area contributed by atoms with E-state index in [0.29, 0.717) is 0 Å². The summed E-state index contributed by atoms with van der Waals surface area (Å²) in [7, 11) is 0. The first kappa shape index (κ1) is 18.6. The van der Waals surface area contributed by atoms with Gasteiger partial charge in [0.05, 0.1) is 0 Å². The molecule has 1 aromatic rings. The number of rotatable bonds is 5. The second-order valence-corrected chi connectivity index (χ2v) is 4.46. The second-order valence-electron chi connectivity index (χ2n) is 4.46. The first-order valence-corrected chi connectivity index (χ1v) is 6.80. The molecule has 0 aliphatic rings. The third-order valence-corrected chi connectivity index (χ3v) is 2.65. The Morgan fingerprint density at radius 2 is 1.65 bits per heavy atom. The van der Waals surface area contributed by atoms with E-state index in [1.54, 1.807) is 0 Å². The van der Waals surface area contributed by atoms with Crippen molar-refractivity contribution in [2.75, 3.05) is 0 Å². The van der Waals surface area contributed by atoms with Crippen LogP contribution in [0.5, 0.6) is 0 Å². The fourth-order valence-electron chi connectivity index (χ4n) is 1.72. The van der Waals surface area contributed by atoms with Crippen LogP contribution in [0, 0.1) is 5.92 Å². The van der Waals surface area contributed by atoms with Gasteiger partial charge in [-0.05, 0) is 36.3 Å². The van der Waals surface area contributed by atoms with Crippen LogP contribution in [0.3, 0.4) is 0 Å². The Morgan fingerprint density at radius 1 is 1.06 bits per heavy atom. The molecule has 0 fully saturated rings. The van der Waals surface area contributed by atoms with Crippen molar-refractivity contribution in [2.24, 2.45) is 5.92 Å². The van der Waals surface area contributed by atoms with Gasteiger partial charge in [-0.3, -0.25) is 0 Å². The molecule has 0 bridgehead atoms. The van der Waals surface area contributed by atoms with Crippen molar-refractivity contribution < 1.29 is 0 Å². The average molecular weight is 236 g/mol. The van der Waals surface area contributed by atoms with Crippen molar-refractivity contribution in [3.63, 3.8) is 0 Å². The Labute approximate surface area is 109 Å². The molecular formula is C17H32. The van der Waals surface area contributed by atoms with Gasteiger partial charge in [-0.15, -0.1) is 0 Å². The largest absolute Gasteiger partial charge is 0.0776 e. The normalized spacial score (nSPS) is 9.29. The Bertz CT molecular complexity index is 260. The monoisotopic (exact) mass is 236 g/mol. The minimum absolute atomic E-state index is 0. The Kier molecular flexibility index (Phi) is 12.8. The van der Waals surface area contributed by atoms with Gasteiger partial charge in [-0.25, -0.2) is 0 Å². The van der Waals surface area contributed by atoms with Crippen LogP contribution in [0.4, 0.5) is 0 Å². The highest BCUT2D eigenvalue weighted by molar-refractivity contribution is 5.23. The summed E-state index contributed by atoms with van der Waals surface area (Å²) in [6.07, 6.45) is 5.06. The Balaban J connectivity index is 0. The van der Waals surface area contributed by atoms with Gasteiger partial charge in [0.25, 0.3) is 0 Å². The fraction of sp³-hybridized carbons (Fsp3) is 0.647. The van der Waals surface area contributed by atoms with Gasteiger partial charge in [-0.2, -0.15) is 0 Å². The van der Waals surface area contributed by atoms with Crippen molar-refractivity contribution in [1.29, 1.82) is 0 Å². The first-order chi connectivity index (χ1) is 7.72. The highest BCUT2D eigenvalue weighted by atomic mass is 14.0. The summed E-state index contributed by atoms with van der Waals surface area (Å²) < 4.78 is 0. The van der Waals surface area contributed by atoms with Crippen molar-refractivity contribution in [3.8, 4) is 0 Å². The van der Waals surface area contributed by atoms with Gasteiger partial charge in [-0.1, -0.05) is 72.7 Å². The lowest BCUT2D eigenvalue weighted by molar-refractivity contribution is 0.556. The summed E-state index contributed by atoms with van der Waals surface area (Å²) in [5, 5.41) is 0.